The van der Waals surface area contributed by atoms with Crippen LogP contribution in [-0.4, -0.2) is 42.3 Å². The Balaban J connectivity index is 4.63. The molecule has 0 aromatic heterocycles. The van der Waals surface area contributed by atoms with E-state index in [4.69, 9.17) is 19.6 Å². The Labute approximate surface area is 112 Å². The van der Waals surface area contributed by atoms with Crippen molar-refractivity contribution in [2.45, 2.75) is 50.7 Å². The molecule has 10 heteroatoms. The molecule has 0 heterocycles. The summed E-state index contributed by atoms with van der Waals surface area (Å²) in [6, 6.07) is -0.212. The highest BCUT2D eigenvalue weighted by atomic mass is 31.2. The van der Waals surface area contributed by atoms with E-state index in [-0.39, 0.29) is 6.04 Å². The lowest BCUT2D eigenvalue weighted by Gasteiger charge is -2.30. The van der Waals surface area contributed by atoms with Crippen molar-refractivity contribution in [3.05, 3.63) is 0 Å². The summed E-state index contributed by atoms with van der Waals surface area (Å²) < 4.78 is 22.2. The molecule has 0 spiro atoms. The van der Waals surface area contributed by atoms with Gasteiger partial charge < -0.3 is 30.0 Å². The van der Waals surface area contributed by atoms with Crippen LogP contribution in [0.4, 0.5) is 0 Å². The van der Waals surface area contributed by atoms with Gasteiger partial charge in [-0.25, -0.2) is 0 Å². The van der Waals surface area contributed by atoms with Gasteiger partial charge in [0.15, 0.2) is 0 Å². The molecule has 1 unspecified atom stereocenters. The van der Waals surface area contributed by atoms with Crippen molar-refractivity contribution in [3.63, 3.8) is 0 Å². The fourth-order valence-electron chi connectivity index (χ4n) is 1.49. The lowest BCUT2D eigenvalue weighted by molar-refractivity contribution is 0.126. The van der Waals surface area contributed by atoms with Crippen molar-refractivity contribution in [2.75, 3.05) is 6.54 Å². The van der Waals surface area contributed by atoms with Crippen molar-refractivity contribution < 1.29 is 33.8 Å². The van der Waals surface area contributed by atoms with Gasteiger partial charge in [-0.1, -0.05) is 26.2 Å². The van der Waals surface area contributed by atoms with Crippen molar-refractivity contribution in [1.29, 1.82) is 0 Å². The Kier molecular flexibility index (Phi) is 7.38. The molecule has 0 aliphatic carbocycles. The minimum Gasteiger partial charge on any atom is -0.367 e. The van der Waals surface area contributed by atoms with Crippen LogP contribution in [-0.2, 0) is 9.13 Å². The third kappa shape index (κ3) is 5.61. The largest absolute Gasteiger partial charge is 0.370 e. The van der Waals surface area contributed by atoms with E-state index in [1.54, 1.807) is 6.92 Å². The van der Waals surface area contributed by atoms with Gasteiger partial charge in [-0.15, -0.1) is 0 Å². The summed E-state index contributed by atoms with van der Waals surface area (Å²) >= 11 is 0. The van der Waals surface area contributed by atoms with Gasteiger partial charge in [-0.2, -0.15) is 0 Å². The number of rotatable bonds is 9. The third-order valence-electron chi connectivity index (χ3n) is 2.86. The molecule has 0 fully saturated rings. The predicted octanol–water partition coefficient (Wildman–Crippen LogP) is 0.546. The maximum atomic E-state index is 11.1. The lowest BCUT2D eigenvalue weighted by Crippen LogP contribution is -2.43. The predicted molar refractivity (Wildman–Crippen MR) is 70.6 cm³/mol. The van der Waals surface area contributed by atoms with E-state index in [0.717, 1.165) is 19.3 Å². The van der Waals surface area contributed by atoms with Crippen molar-refractivity contribution >= 4 is 15.2 Å². The first kappa shape index (κ1) is 19.2. The SMILES string of the molecule is CCCCCC(C)NCC(O)(P(=O)(O)O)P(=O)(O)O. The Hall–Kier alpha value is 0.220. The van der Waals surface area contributed by atoms with E-state index in [2.05, 4.69) is 5.32 Å². The molecule has 0 saturated heterocycles. The summed E-state index contributed by atoms with van der Waals surface area (Å²) in [6.07, 6.45) is 3.58. The molecule has 0 aromatic rings. The summed E-state index contributed by atoms with van der Waals surface area (Å²) in [7, 11) is -10.7. The summed E-state index contributed by atoms with van der Waals surface area (Å²) in [6.45, 7) is 2.88. The Morgan fingerprint density at radius 1 is 1.11 bits per heavy atom. The molecule has 116 valence electrons. The highest BCUT2D eigenvalue weighted by molar-refractivity contribution is 7.72. The number of nitrogens with one attached hydrogen (secondary N) is 1. The molecule has 1 atom stereocenters. The maximum Gasteiger partial charge on any atom is 0.370 e. The van der Waals surface area contributed by atoms with Crippen LogP contribution in [0, 0.1) is 0 Å². The van der Waals surface area contributed by atoms with Crippen molar-refractivity contribution in [2.24, 2.45) is 0 Å². The summed E-state index contributed by atoms with van der Waals surface area (Å²) in [5.41, 5.74) is 0. The fourth-order valence-corrected chi connectivity index (χ4v) is 3.44. The average molecular weight is 319 g/mol. The molecule has 0 rings (SSSR count). The zero-order valence-electron chi connectivity index (χ0n) is 11.1. The molecule has 0 aliphatic rings. The monoisotopic (exact) mass is 319 g/mol. The van der Waals surface area contributed by atoms with Gasteiger partial charge in [0.1, 0.15) is 0 Å². The Bertz CT molecular complexity index is 342. The maximum absolute atomic E-state index is 11.1. The van der Waals surface area contributed by atoms with Gasteiger partial charge in [0, 0.05) is 12.6 Å². The van der Waals surface area contributed by atoms with Crippen LogP contribution in [0.5, 0.6) is 0 Å². The van der Waals surface area contributed by atoms with Gasteiger partial charge in [-0.05, 0) is 13.3 Å². The minimum absolute atomic E-state index is 0.212. The fraction of sp³-hybridized carbons (Fsp3) is 1.00. The summed E-state index contributed by atoms with van der Waals surface area (Å²) in [4.78, 5) is 35.7. The van der Waals surface area contributed by atoms with Crippen LogP contribution < -0.4 is 5.32 Å². The molecule has 0 amide bonds. The second-order valence-corrected chi connectivity index (χ2v) is 8.65. The number of aliphatic hydroxyl groups is 1. The minimum atomic E-state index is -5.37. The number of hydrogen-bond acceptors (Lipinski definition) is 4. The second kappa shape index (κ2) is 7.29. The van der Waals surface area contributed by atoms with E-state index in [0.29, 0.717) is 6.42 Å². The zero-order valence-corrected chi connectivity index (χ0v) is 12.8. The van der Waals surface area contributed by atoms with E-state index >= 15 is 0 Å². The van der Waals surface area contributed by atoms with Gasteiger partial charge in [0.05, 0.1) is 0 Å². The molecular formula is C9H23NO7P2. The molecule has 0 saturated carbocycles. The first-order valence-electron chi connectivity index (χ1n) is 6.02. The van der Waals surface area contributed by atoms with Crippen LogP contribution in [0.15, 0.2) is 0 Å². The Morgan fingerprint density at radius 2 is 1.58 bits per heavy atom. The molecule has 8 nitrogen and oxygen atoms in total. The quantitative estimate of drug-likeness (QED) is 0.267. The molecule has 19 heavy (non-hydrogen) atoms. The topological polar surface area (TPSA) is 147 Å². The van der Waals surface area contributed by atoms with Crippen LogP contribution >= 0.6 is 15.2 Å². The molecule has 0 radical (unpaired) electrons. The number of hydrogen-bond donors (Lipinski definition) is 6. The van der Waals surface area contributed by atoms with Gasteiger partial charge in [-0.3, -0.25) is 9.13 Å². The van der Waals surface area contributed by atoms with Gasteiger partial charge >= 0.3 is 15.2 Å². The van der Waals surface area contributed by atoms with Crippen molar-refractivity contribution in [3.8, 4) is 0 Å². The van der Waals surface area contributed by atoms with E-state index in [1.807, 2.05) is 6.92 Å². The molecule has 6 N–H and O–H groups in total. The first-order chi connectivity index (χ1) is 8.45. The second-order valence-electron chi connectivity index (χ2n) is 4.64. The standard InChI is InChI=1S/C9H23NO7P2/c1-3-4-5-6-8(2)10-7-9(11,18(12,13)14)19(15,16)17/h8,10-11H,3-7H2,1-2H3,(H2,12,13,14)(H2,15,16,17). The van der Waals surface area contributed by atoms with Crippen LogP contribution in [0.1, 0.15) is 39.5 Å². The normalized spacial score (nSPS) is 15.5. The molecule has 0 aliphatic heterocycles. The number of unbranched alkanes of at least 4 members (excludes halogenated alkanes) is 2. The van der Waals surface area contributed by atoms with Crippen LogP contribution in [0.2, 0.25) is 0 Å². The van der Waals surface area contributed by atoms with Crippen LogP contribution in [0.3, 0.4) is 0 Å². The van der Waals surface area contributed by atoms with E-state index in [9.17, 15) is 14.2 Å². The third-order valence-corrected chi connectivity index (χ3v) is 6.61. The molecule has 0 aromatic carbocycles. The zero-order chi connectivity index (χ0) is 15.3. The molecule has 0 bridgehead atoms. The average Bonchev–Trinajstić information content (AvgIpc) is 2.23. The Morgan fingerprint density at radius 3 is 1.95 bits per heavy atom. The lowest BCUT2D eigenvalue weighted by atomic mass is 10.1. The summed E-state index contributed by atoms with van der Waals surface area (Å²) in [5, 5.41) is 8.80. The van der Waals surface area contributed by atoms with E-state index < -0.39 is 26.8 Å². The summed E-state index contributed by atoms with van der Waals surface area (Å²) in [5.74, 6) is 0. The first-order valence-corrected chi connectivity index (χ1v) is 9.25. The molecular weight excluding hydrogens is 296 g/mol. The van der Waals surface area contributed by atoms with Gasteiger partial charge in [0.2, 0.25) is 0 Å². The van der Waals surface area contributed by atoms with E-state index in [1.165, 1.54) is 0 Å². The van der Waals surface area contributed by atoms with Crippen molar-refractivity contribution in [1.82, 2.24) is 5.32 Å². The smallest absolute Gasteiger partial charge is 0.367 e. The highest BCUT2D eigenvalue weighted by Gasteiger charge is 2.59. The van der Waals surface area contributed by atoms with Crippen LogP contribution in [0.25, 0.3) is 0 Å². The highest BCUT2D eigenvalue weighted by Crippen LogP contribution is 2.67. The van der Waals surface area contributed by atoms with Gasteiger partial charge in [0.25, 0.3) is 5.08 Å².